The van der Waals surface area contributed by atoms with Crippen LogP contribution in [0.3, 0.4) is 0 Å². The van der Waals surface area contributed by atoms with Crippen LogP contribution in [-0.4, -0.2) is 17.4 Å². The number of halogens is 1. The summed E-state index contributed by atoms with van der Waals surface area (Å²) >= 11 is 0. The molecule has 0 aliphatic heterocycles. The van der Waals surface area contributed by atoms with Crippen molar-refractivity contribution in [1.82, 2.24) is 4.98 Å². The number of nitrogens with one attached hydrogen (secondary N) is 1. The van der Waals surface area contributed by atoms with E-state index < -0.39 is 5.82 Å². The summed E-state index contributed by atoms with van der Waals surface area (Å²) in [5.41, 5.74) is 12.0. The van der Waals surface area contributed by atoms with Gasteiger partial charge in [-0.2, -0.15) is 0 Å². The van der Waals surface area contributed by atoms with E-state index in [1.807, 2.05) is 6.92 Å². The van der Waals surface area contributed by atoms with Gasteiger partial charge >= 0.3 is 0 Å². The fourth-order valence-electron chi connectivity index (χ4n) is 2.37. The number of benzene rings is 1. The van der Waals surface area contributed by atoms with Crippen LogP contribution in [0.4, 0.5) is 15.9 Å². The van der Waals surface area contributed by atoms with E-state index in [-0.39, 0.29) is 23.4 Å². The van der Waals surface area contributed by atoms with Gasteiger partial charge in [0.1, 0.15) is 11.6 Å². The Balaban J connectivity index is 2.11. The van der Waals surface area contributed by atoms with Crippen LogP contribution in [0, 0.1) is 11.7 Å². The Bertz CT molecular complexity index is 795. The number of nitrogens with zero attached hydrogens (tertiary/aromatic N) is 1. The molecular formula is C19H23FN4O2. The van der Waals surface area contributed by atoms with E-state index in [0.717, 1.165) is 6.42 Å². The highest BCUT2D eigenvalue weighted by molar-refractivity contribution is 5.92. The molecule has 6 nitrogen and oxygen atoms in total. The number of aromatic nitrogens is 1. The van der Waals surface area contributed by atoms with Gasteiger partial charge in [-0.05, 0) is 37.6 Å². The number of nitrogens with two attached hydrogens (primary N) is 2. The monoisotopic (exact) mass is 358 g/mol. The minimum Gasteiger partial charge on any atom is -0.453 e. The lowest BCUT2D eigenvalue weighted by Gasteiger charge is -2.14. The van der Waals surface area contributed by atoms with E-state index in [1.165, 1.54) is 24.4 Å². The molecule has 1 heterocycles. The molecule has 0 saturated carbocycles. The number of hydrogen-bond donors (Lipinski definition) is 3. The number of carbonyl (C=O) groups excluding carboxylic acids is 1. The number of amides is 1. The zero-order chi connectivity index (χ0) is 19.1. The summed E-state index contributed by atoms with van der Waals surface area (Å²) in [4.78, 5) is 16.0. The number of carbonyl (C=O) groups is 1. The Morgan fingerprint density at radius 3 is 2.85 bits per heavy atom. The van der Waals surface area contributed by atoms with Gasteiger partial charge in [-0.15, -0.1) is 0 Å². The van der Waals surface area contributed by atoms with Crippen LogP contribution in [-0.2, 0) is 4.79 Å². The minimum absolute atomic E-state index is 0.00730. The van der Waals surface area contributed by atoms with Crippen LogP contribution in [0.1, 0.15) is 25.3 Å². The zero-order valence-corrected chi connectivity index (χ0v) is 14.7. The number of hydrogen-bond acceptors (Lipinski definition) is 5. The average molecular weight is 358 g/mol. The van der Waals surface area contributed by atoms with Gasteiger partial charge in [0.15, 0.2) is 11.6 Å². The van der Waals surface area contributed by atoms with Crippen molar-refractivity contribution in [2.24, 2.45) is 11.7 Å². The molecule has 2 rings (SSSR count). The molecule has 0 spiro atoms. The lowest BCUT2D eigenvalue weighted by atomic mass is 10.0. The lowest BCUT2D eigenvalue weighted by molar-refractivity contribution is -0.119. The van der Waals surface area contributed by atoms with E-state index in [1.54, 1.807) is 12.1 Å². The SMILES string of the molecule is C=Cc1c(Oc2ccc(NC(=O)C(C)CCCN)cc2F)ccnc1N. The van der Waals surface area contributed by atoms with Gasteiger partial charge in [-0.3, -0.25) is 4.79 Å². The molecule has 1 amide bonds. The van der Waals surface area contributed by atoms with Crippen molar-refractivity contribution in [3.63, 3.8) is 0 Å². The average Bonchev–Trinajstić information content (AvgIpc) is 2.62. The lowest BCUT2D eigenvalue weighted by Crippen LogP contribution is -2.21. The predicted molar refractivity (Wildman–Crippen MR) is 101 cm³/mol. The Morgan fingerprint density at radius 1 is 1.42 bits per heavy atom. The van der Waals surface area contributed by atoms with Gasteiger partial charge in [0.2, 0.25) is 5.91 Å². The first-order valence-electron chi connectivity index (χ1n) is 8.31. The molecule has 0 aliphatic rings. The van der Waals surface area contributed by atoms with Crippen LogP contribution in [0.5, 0.6) is 11.5 Å². The second-order valence-electron chi connectivity index (χ2n) is 5.88. The van der Waals surface area contributed by atoms with E-state index in [9.17, 15) is 9.18 Å². The third-order valence-corrected chi connectivity index (χ3v) is 3.89. The number of nitrogen functional groups attached to an aromatic ring is 1. The highest BCUT2D eigenvalue weighted by atomic mass is 19.1. The molecule has 0 bridgehead atoms. The highest BCUT2D eigenvalue weighted by Gasteiger charge is 2.15. The van der Waals surface area contributed by atoms with Crippen molar-refractivity contribution in [2.75, 3.05) is 17.6 Å². The van der Waals surface area contributed by atoms with Crippen LogP contribution in [0.2, 0.25) is 0 Å². The van der Waals surface area contributed by atoms with Crippen molar-refractivity contribution < 1.29 is 13.9 Å². The molecule has 0 fully saturated rings. The van der Waals surface area contributed by atoms with Gasteiger partial charge in [0, 0.05) is 23.9 Å². The number of ether oxygens (including phenoxy) is 1. The Hall–Kier alpha value is -2.93. The Morgan fingerprint density at radius 2 is 2.19 bits per heavy atom. The quantitative estimate of drug-likeness (QED) is 0.669. The van der Waals surface area contributed by atoms with Gasteiger partial charge in [-0.1, -0.05) is 19.6 Å². The fourth-order valence-corrected chi connectivity index (χ4v) is 2.37. The van der Waals surface area contributed by atoms with Gasteiger partial charge < -0.3 is 21.5 Å². The molecule has 138 valence electrons. The first-order valence-corrected chi connectivity index (χ1v) is 8.31. The summed E-state index contributed by atoms with van der Waals surface area (Å²) in [7, 11) is 0. The zero-order valence-electron chi connectivity index (χ0n) is 14.7. The molecule has 1 aromatic carbocycles. The molecule has 1 atom stereocenters. The summed E-state index contributed by atoms with van der Waals surface area (Å²) in [5.74, 6) is -0.391. The van der Waals surface area contributed by atoms with E-state index in [4.69, 9.17) is 16.2 Å². The molecule has 1 aromatic heterocycles. The highest BCUT2D eigenvalue weighted by Crippen LogP contribution is 2.31. The second kappa shape index (κ2) is 8.96. The van der Waals surface area contributed by atoms with Gasteiger partial charge in [-0.25, -0.2) is 9.37 Å². The van der Waals surface area contributed by atoms with Gasteiger partial charge in [0.25, 0.3) is 0 Å². The molecule has 0 saturated heterocycles. The fraction of sp³-hybridized carbons (Fsp3) is 0.263. The maximum absolute atomic E-state index is 14.4. The summed E-state index contributed by atoms with van der Waals surface area (Å²) in [6, 6.07) is 5.80. The number of anilines is 2. The molecule has 1 unspecified atom stereocenters. The van der Waals surface area contributed by atoms with E-state index >= 15 is 0 Å². The van der Waals surface area contributed by atoms with Crippen LogP contribution < -0.4 is 21.5 Å². The minimum atomic E-state index is -0.609. The first-order chi connectivity index (χ1) is 12.5. The molecule has 0 aliphatic carbocycles. The van der Waals surface area contributed by atoms with E-state index in [0.29, 0.717) is 30.0 Å². The van der Waals surface area contributed by atoms with Crippen LogP contribution >= 0.6 is 0 Å². The largest absolute Gasteiger partial charge is 0.453 e. The molecule has 0 radical (unpaired) electrons. The summed E-state index contributed by atoms with van der Waals surface area (Å²) < 4.78 is 19.9. The van der Waals surface area contributed by atoms with Crippen molar-refractivity contribution in [2.45, 2.75) is 19.8 Å². The summed E-state index contributed by atoms with van der Waals surface area (Å²) in [5, 5.41) is 2.69. The van der Waals surface area contributed by atoms with Crippen molar-refractivity contribution in [3.8, 4) is 11.5 Å². The summed E-state index contributed by atoms with van der Waals surface area (Å²) in [6.07, 6.45) is 4.40. The Labute approximate surface area is 152 Å². The molecule has 2 aromatic rings. The van der Waals surface area contributed by atoms with Crippen LogP contribution in [0.15, 0.2) is 37.0 Å². The van der Waals surface area contributed by atoms with E-state index in [2.05, 4.69) is 16.9 Å². The molecule has 5 N–H and O–H groups in total. The maximum Gasteiger partial charge on any atom is 0.227 e. The normalized spacial score (nSPS) is 11.7. The van der Waals surface area contributed by atoms with Gasteiger partial charge in [0.05, 0.1) is 5.56 Å². The Kier molecular flexibility index (Phi) is 6.68. The molecule has 26 heavy (non-hydrogen) atoms. The third-order valence-electron chi connectivity index (χ3n) is 3.89. The van der Waals surface area contributed by atoms with Crippen LogP contribution in [0.25, 0.3) is 6.08 Å². The molecular weight excluding hydrogens is 335 g/mol. The van der Waals surface area contributed by atoms with Crippen molar-refractivity contribution in [1.29, 1.82) is 0 Å². The maximum atomic E-state index is 14.4. The predicted octanol–water partition coefficient (Wildman–Crippen LogP) is 3.55. The second-order valence-corrected chi connectivity index (χ2v) is 5.88. The number of rotatable bonds is 8. The topological polar surface area (TPSA) is 103 Å². The summed E-state index contributed by atoms with van der Waals surface area (Å²) in [6.45, 7) is 5.99. The molecule has 7 heteroatoms. The standard InChI is InChI=1S/C19H23FN4O2/c1-3-14-16(8-10-23-18(14)22)26-17-7-6-13(11-15(17)20)24-19(25)12(2)5-4-9-21/h3,6-8,10-12H,1,4-5,9,21H2,2H3,(H2,22,23)(H,24,25). The smallest absolute Gasteiger partial charge is 0.227 e. The number of pyridine rings is 1. The van der Waals surface area contributed by atoms with Crippen molar-refractivity contribution in [3.05, 3.63) is 48.4 Å². The third kappa shape index (κ3) is 4.80. The first kappa shape index (κ1) is 19.4. The van der Waals surface area contributed by atoms with Crippen molar-refractivity contribution >= 4 is 23.5 Å².